The van der Waals surface area contributed by atoms with Gasteiger partial charge in [-0.25, -0.2) is 17.9 Å². The lowest BCUT2D eigenvalue weighted by atomic mass is 10.2. The fourth-order valence-electron chi connectivity index (χ4n) is 2.29. The number of anilines is 1. The first-order valence-electron chi connectivity index (χ1n) is 7.47. The van der Waals surface area contributed by atoms with Gasteiger partial charge in [-0.1, -0.05) is 13.0 Å². The lowest BCUT2D eigenvalue weighted by molar-refractivity contribution is 0.252. The Morgan fingerprint density at radius 3 is 2.70 bits per heavy atom. The van der Waals surface area contributed by atoms with Crippen LogP contribution in [0.5, 0.6) is 0 Å². The van der Waals surface area contributed by atoms with Crippen LogP contribution in [0.25, 0.3) is 10.9 Å². The Kier molecular flexibility index (Phi) is 5.62. The number of carbonyl (C=O) groups is 1. The molecular formula is C15H22N4O3S. The van der Waals surface area contributed by atoms with Crippen molar-refractivity contribution in [2.75, 3.05) is 24.7 Å². The second-order valence-corrected chi connectivity index (χ2v) is 7.16. The van der Waals surface area contributed by atoms with E-state index < -0.39 is 10.0 Å². The van der Waals surface area contributed by atoms with Crippen LogP contribution in [-0.4, -0.2) is 38.4 Å². The number of nitrogens with one attached hydrogen (secondary N) is 3. The highest BCUT2D eigenvalue weighted by atomic mass is 32.2. The van der Waals surface area contributed by atoms with Crippen molar-refractivity contribution >= 4 is 32.6 Å². The highest BCUT2D eigenvalue weighted by Crippen LogP contribution is 2.20. The van der Waals surface area contributed by atoms with E-state index in [1.54, 1.807) is 0 Å². The van der Waals surface area contributed by atoms with Crippen LogP contribution in [0.2, 0.25) is 0 Å². The fourth-order valence-corrected chi connectivity index (χ4v) is 2.76. The van der Waals surface area contributed by atoms with Crippen molar-refractivity contribution in [3.8, 4) is 0 Å². The van der Waals surface area contributed by atoms with Gasteiger partial charge in [0.1, 0.15) is 0 Å². The van der Waals surface area contributed by atoms with Gasteiger partial charge in [0.15, 0.2) is 0 Å². The van der Waals surface area contributed by atoms with E-state index in [-0.39, 0.29) is 19.1 Å². The summed E-state index contributed by atoms with van der Waals surface area (Å²) in [5.74, 6) is 0. The van der Waals surface area contributed by atoms with Crippen molar-refractivity contribution < 1.29 is 13.2 Å². The Bertz CT molecular complexity index is 783. The maximum Gasteiger partial charge on any atom is 0.319 e. The lowest BCUT2D eigenvalue weighted by Crippen LogP contribution is -2.36. The lowest BCUT2D eigenvalue weighted by Gasteiger charge is -2.09. The summed E-state index contributed by atoms with van der Waals surface area (Å²) in [4.78, 5) is 11.8. The standard InChI is InChI=1S/C15H22N4O3S/c1-3-9-19-10-6-12-4-5-13(11-14(12)19)18-15(20)16-7-8-17-23(2,21)22/h4-6,10-11,17H,3,7-9H2,1-2H3,(H2,16,18,20). The molecule has 0 saturated carbocycles. The highest BCUT2D eigenvalue weighted by Gasteiger charge is 2.05. The van der Waals surface area contributed by atoms with Gasteiger partial charge in [-0.15, -0.1) is 0 Å². The number of sulfonamides is 1. The molecule has 2 aromatic rings. The van der Waals surface area contributed by atoms with Crippen LogP contribution in [0.1, 0.15) is 13.3 Å². The number of aromatic nitrogens is 1. The molecule has 1 aromatic heterocycles. The molecule has 0 atom stereocenters. The van der Waals surface area contributed by atoms with E-state index in [1.807, 2.05) is 30.5 Å². The third kappa shape index (κ3) is 5.26. The Morgan fingerprint density at radius 1 is 1.22 bits per heavy atom. The second kappa shape index (κ2) is 7.47. The SMILES string of the molecule is CCCn1ccc2ccc(NC(=O)NCCNS(C)(=O)=O)cc21. The fraction of sp³-hybridized carbons (Fsp3) is 0.400. The normalized spacial score (nSPS) is 11.6. The van der Waals surface area contributed by atoms with E-state index in [9.17, 15) is 13.2 Å². The van der Waals surface area contributed by atoms with Crippen molar-refractivity contribution in [1.82, 2.24) is 14.6 Å². The monoisotopic (exact) mass is 338 g/mol. The molecule has 3 N–H and O–H groups in total. The zero-order valence-corrected chi connectivity index (χ0v) is 14.1. The molecule has 1 aromatic carbocycles. The molecule has 0 aliphatic rings. The summed E-state index contributed by atoms with van der Waals surface area (Å²) in [7, 11) is -3.23. The molecule has 0 radical (unpaired) electrons. The van der Waals surface area contributed by atoms with E-state index in [1.165, 1.54) is 0 Å². The minimum absolute atomic E-state index is 0.157. The predicted octanol–water partition coefficient (Wildman–Crippen LogP) is 1.72. The zero-order chi connectivity index (χ0) is 16.9. The molecule has 7 nitrogen and oxygen atoms in total. The third-order valence-corrected chi connectivity index (χ3v) is 4.00. The number of hydrogen-bond donors (Lipinski definition) is 3. The molecular weight excluding hydrogens is 316 g/mol. The molecule has 2 amide bonds. The van der Waals surface area contributed by atoms with Gasteiger partial charge >= 0.3 is 6.03 Å². The number of hydrogen-bond acceptors (Lipinski definition) is 3. The Morgan fingerprint density at radius 2 is 2.00 bits per heavy atom. The summed E-state index contributed by atoms with van der Waals surface area (Å²) >= 11 is 0. The van der Waals surface area contributed by atoms with Crippen LogP contribution < -0.4 is 15.4 Å². The molecule has 126 valence electrons. The summed E-state index contributed by atoms with van der Waals surface area (Å²) in [5.41, 5.74) is 1.77. The number of aryl methyl sites for hydroxylation is 1. The molecule has 2 rings (SSSR count). The summed E-state index contributed by atoms with van der Waals surface area (Å²) < 4.78 is 26.3. The van der Waals surface area contributed by atoms with Crippen molar-refractivity contribution in [3.63, 3.8) is 0 Å². The van der Waals surface area contributed by atoms with Crippen LogP contribution in [-0.2, 0) is 16.6 Å². The van der Waals surface area contributed by atoms with E-state index in [4.69, 9.17) is 0 Å². The van der Waals surface area contributed by atoms with Gasteiger partial charge in [0.25, 0.3) is 0 Å². The smallest absolute Gasteiger partial charge is 0.319 e. The number of carbonyl (C=O) groups excluding carboxylic acids is 1. The van der Waals surface area contributed by atoms with Crippen LogP contribution in [0.15, 0.2) is 30.5 Å². The van der Waals surface area contributed by atoms with Gasteiger partial charge in [-0.2, -0.15) is 0 Å². The first kappa shape index (κ1) is 17.3. The van der Waals surface area contributed by atoms with Gasteiger partial charge in [0, 0.05) is 31.5 Å². The van der Waals surface area contributed by atoms with Crippen molar-refractivity contribution in [2.24, 2.45) is 0 Å². The summed E-state index contributed by atoms with van der Waals surface area (Å²) in [6.07, 6.45) is 4.15. The van der Waals surface area contributed by atoms with Crippen molar-refractivity contribution in [1.29, 1.82) is 0 Å². The van der Waals surface area contributed by atoms with E-state index >= 15 is 0 Å². The first-order chi connectivity index (χ1) is 10.9. The minimum Gasteiger partial charge on any atom is -0.347 e. The number of rotatable bonds is 7. The van der Waals surface area contributed by atoms with Crippen molar-refractivity contribution in [2.45, 2.75) is 19.9 Å². The summed E-state index contributed by atoms with van der Waals surface area (Å²) in [5, 5.41) is 6.48. The van der Waals surface area contributed by atoms with Crippen LogP contribution >= 0.6 is 0 Å². The average Bonchev–Trinajstić information content (AvgIpc) is 2.86. The first-order valence-corrected chi connectivity index (χ1v) is 9.36. The van der Waals surface area contributed by atoms with Crippen LogP contribution in [0.3, 0.4) is 0 Å². The Balaban J connectivity index is 1.93. The van der Waals surface area contributed by atoms with Gasteiger partial charge in [-0.05, 0) is 30.0 Å². The second-order valence-electron chi connectivity index (χ2n) is 5.33. The molecule has 0 aliphatic carbocycles. The van der Waals surface area contributed by atoms with Gasteiger partial charge in [0.2, 0.25) is 10.0 Å². The maximum absolute atomic E-state index is 11.8. The Hall–Kier alpha value is -2.06. The third-order valence-electron chi connectivity index (χ3n) is 3.27. The number of urea groups is 1. The van der Waals surface area contributed by atoms with Gasteiger partial charge < -0.3 is 15.2 Å². The van der Waals surface area contributed by atoms with E-state index in [0.717, 1.165) is 30.1 Å². The molecule has 0 fully saturated rings. The predicted molar refractivity (Wildman–Crippen MR) is 92.1 cm³/mol. The number of amides is 2. The van der Waals surface area contributed by atoms with Crippen molar-refractivity contribution in [3.05, 3.63) is 30.5 Å². The largest absolute Gasteiger partial charge is 0.347 e. The highest BCUT2D eigenvalue weighted by molar-refractivity contribution is 7.88. The van der Waals surface area contributed by atoms with E-state index in [0.29, 0.717) is 5.69 Å². The molecule has 23 heavy (non-hydrogen) atoms. The topological polar surface area (TPSA) is 92.2 Å². The molecule has 0 spiro atoms. The van der Waals surface area contributed by atoms with E-state index in [2.05, 4.69) is 26.8 Å². The van der Waals surface area contributed by atoms with Crippen LogP contribution in [0, 0.1) is 0 Å². The quantitative estimate of drug-likeness (QED) is 0.671. The zero-order valence-electron chi connectivity index (χ0n) is 13.3. The summed E-state index contributed by atoms with van der Waals surface area (Å²) in [6, 6.07) is 7.41. The molecule has 1 heterocycles. The molecule has 0 unspecified atom stereocenters. The molecule has 0 bridgehead atoms. The number of benzene rings is 1. The van der Waals surface area contributed by atoms with Gasteiger partial charge in [0.05, 0.1) is 11.8 Å². The number of nitrogens with zero attached hydrogens (tertiary/aromatic N) is 1. The van der Waals surface area contributed by atoms with Crippen LogP contribution in [0.4, 0.5) is 10.5 Å². The Labute approximate surface area is 136 Å². The molecule has 0 saturated heterocycles. The maximum atomic E-state index is 11.8. The molecule has 0 aliphatic heterocycles. The summed E-state index contributed by atoms with van der Waals surface area (Å²) in [6.45, 7) is 3.42. The minimum atomic E-state index is -3.23. The number of fused-ring (bicyclic) bond motifs is 1. The molecule has 8 heteroatoms. The van der Waals surface area contributed by atoms with Gasteiger partial charge in [-0.3, -0.25) is 0 Å². The average molecular weight is 338 g/mol.